The zero-order valence-corrected chi connectivity index (χ0v) is 10.0. The van der Waals surface area contributed by atoms with E-state index in [0.29, 0.717) is 31.1 Å². The number of rotatable bonds is 2. The summed E-state index contributed by atoms with van der Waals surface area (Å²) < 4.78 is 10.4. The van der Waals surface area contributed by atoms with Crippen molar-refractivity contribution < 1.29 is 14.3 Å². The highest BCUT2D eigenvalue weighted by Crippen LogP contribution is 2.12. The lowest BCUT2D eigenvalue weighted by Crippen LogP contribution is -2.44. The van der Waals surface area contributed by atoms with Crippen LogP contribution in [-0.4, -0.2) is 48.7 Å². The summed E-state index contributed by atoms with van der Waals surface area (Å²) in [5.74, 6) is 0.507. The lowest BCUT2D eigenvalue weighted by molar-refractivity contribution is -0.0124. The van der Waals surface area contributed by atoms with Crippen molar-refractivity contribution in [2.45, 2.75) is 13.0 Å². The molecule has 0 saturated carbocycles. The molecule has 2 heterocycles. The molecule has 1 unspecified atom stereocenters. The molecule has 1 amide bonds. The fourth-order valence-corrected chi connectivity index (χ4v) is 1.81. The van der Waals surface area contributed by atoms with Gasteiger partial charge in [0.05, 0.1) is 25.4 Å². The smallest absolute Gasteiger partial charge is 0.255 e. The molecule has 1 aliphatic heterocycles. The highest BCUT2D eigenvalue weighted by atomic mass is 16.5. The van der Waals surface area contributed by atoms with E-state index in [2.05, 4.69) is 4.98 Å². The van der Waals surface area contributed by atoms with Crippen LogP contribution in [0.15, 0.2) is 18.3 Å². The molecular weight excluding hydrogens is 220 g/mol. The molecule has 1 aromatic rings. The van der Waals surface area contributed by atoms with Crippen LogP contribution < -0.4 is 4.74 Å². The molecule has 0 spiro atoms. The molecule has 1 atom stereocenters. The summed E-state index contributed by atoms with van der Waals surface area (Å²) in [5, 5.41) is 0. The van der Waals surface area contributed by atoms with E-state index in [0.717, 1.165) is 0 Å². The van der Waals surface area contributed by atoms with E-state index in [1.165, 1.54) is 0 Å². The summed E-state index contributed by atoms with van der Waals surface area (Å²) in [6.45, 7) is 3.82. The second-order valence-corrected chi connectivity index (χ2v) is 4.02. The molecule has 0 aromatic carbocycles. The van der Waals surface area contributed by atoms with Crippen molar-refractivity contribution in [3.05, 3.63) is 23.9 Å². The number of hydrogen-bond acceptors (Lipinski definition) is 4. The van der Waals surface area contributed by atoms with Gasteiger partial charge in [0.2, 0.25) is 5.88 Å². The van der Waals surface area contributed by atoms with E-state index in [1.807, 2.05) is 6.92 Å². The summed E-state index contributed by atoms with van der Waals surface area (Å²) in [5.41, 5.74) is 0.583. The van der Waals surface area contributed by atoms with E-state index in [-0.39, 0.29) is 12.0 Å². The second kappa shape index (κ2) is 5.14. The number of amides is 1. The van der Waals surface area contributed by atoms with Crippen LogP contribution in [0.2, 0.25) is 0 Å². The Bertz CT molecular complexity index is 391. The van der Waals surface area contributed by atoms with Gasteiger partial charge in [0.25, 0.3) is 5.91 Å². The lowest BCUT2D eigenvalue weighted by Gasteiger charge is -2.31. The molecule has 0 N–H and O–H groups in total. The Morgan fingerprint density at radius 2 is 2.41 bits per heavy atom. The third-order valence-electron chi connectivity index (χ3n) is 2.72. The normalized spacial score (nSPS) is 20.1. The third-order valence-corrected chi connectivity index (χ3v) is 2.72. The fraction of sp³-hybridized carbons (Fsp3) is 0.500. The van der Waals surface area contributed by atoms with Crippen LogP contribution in [0, 0.1) is 0 Å². The van der Waals surface area contributed by atoms with Gasteiger partial charge in [0, 0.05) is 25.4 Å². The van der Waals surface area contributed by atoms with Crippen molar-refractivity contribution in [3.63, 3.8) is 0 Å². The van der Waals surface area contributed by atoms with Crippen molar-refractivity contribution in [1.82, 2.24) is 9.88 Å². The molecule has 1 aromatic heterocycles. The maximum absolute atomic E-state index is 12.1. The maximum Gasteiger partial charge on any atom is 0.255 e. The van der Waals surface area contributed by atoms with Crippen molar-refractivity contribution in [2.24, 2.45) is 0 Å². The van der Waals surface area contributed by atoms with E-state index in [4.69, 9.17) is 9.47 Å². The molecule has 5 heteroatoms. The van der Waals surface area contributed by atoms with Crippen molar-refractivity contribution in [3.8, 4) is 5.88 Å². The van der Waals surface area contributed by atoms with Crippen LogP contribution >= 0.6 is 0 Å². The van der Waals surface area contributed by atoms with Crippen LogP contribution in [0.3, 0.4) is 0 Å². The number of methoxy groups -OCH3 is 1. The summed E-state index contributed by atoms with van der Waals surface area (Å²) in [6, 6.07) is 3.42. The van der Waals surface area contributed by atoms with Crippen LogP contribution in [-0.2, 0) is 4.74 Å². The lowest BCUT2D eigenvalue weighted by atomic mass is 10.2. The number of aromatic nitrogens is 1. The molecule has 17 heavy (non-hydrogen) atoms. The Morgan fingerprint density at radius 3 is 3.00 bits per heavy atom. The predicted molar refractivity (Wildman–Crippen MR) is 62.1 cm³/mol. The average Bonchev–Trinajstić information content (AvgIpc) is 2.38. The Labute approximate surface area is 100 Å². The monoisotopic (exact) mass is 236 g/mol. The predicted octanol–water partition coefficient (Wildman–Crippen LogP) is 0.951. The number of nitrogens with zero attached hydrogens (tertiary/aromatic N) is 2. The van der Waals surface area contributed by atoms with Gasteiger partial charge in [0.1, 0.15) is 0 Å². The number of pyridine rings is 1. The molecule has 1 aliphatic rings. The van der Waals surface area contributed by atoms with E-state index >= 15 is 0 Å². The number of morpholine rings is 1. The topological polar surface area (TPSA) is 51.7 Å². The Balaban J connectivity index is 2.07. The summed E-state index contributed by atoms with van der Waals surface area (Å²) in [4.78, 5) is 18.0. The van der Waals surface area contributed by atoms with E-state index in [1.54, 1.807) is 30.3 Å². The molecule has 0 radical (unpaired) electrons. The summed E-state index contributed by atoms with van der Waals surface area (Å²) in [6.07, 6.45) is 1.64. The Morgan fingerprint density at radius 1 is 1.59 bits per heavy atom. The number of ether oxygens (including phenoxy) is 2. The SMILES string of the molecule is COc1ccc(C(=O)N2CCOC(C)C2)cn1. The molecule has 0 aliphatic carbocycles. The van der Waals surface area contributed by atoms with Gasteiger partial charge in [-0.3, -0.25) is 4.79 Å². The van der Waals surface area contributed by atoms with Crippen molar-refractivity contribution in [1.29, 1.82) is 0 Å². The first kappa shape index (κ1) is 11.9. The minimum Gasteiger partial charge on any atom is -0.481 e. The van der Waals surface area contributed by atoms with Gasteiger partial charge in [0.15, 0.2) is 0 Å². The number of carbonyl (C=O) groups is 1. The van der Waals surface area contributed by atoms with Gasteiger partial charge in [-0.25, -0.2) is 4.98 Å². The molecule has 92 valence electrons. The summed E-state index contributed by atoms with van der Waals surface area (Å²) >= 11 is 0. The largest absolute Gasteiger partial charge is 0.481 e. The highest BCUT2D eigenvalue weighted by Gasteiger charge is 2.22. The van der Waals surface area contributed by atoms with Crippen LogP contribution in [0.4, 0.5) is 0 Å². The minimum atomic E-state index is -0.00435. The van der Waals surface area contributed by atoms with E-state index < -0.39 is 0 Å². The van der Waals surface area contributed by atoms with Gasteiger partial charge in [-0.1, -0.05) is 0 Å². The van der Waals surface area contributed by atoms with Crippen LogP contribution in [0.25, 0.3) is 0 Å². The molecule has 5 nitrogen and oxygen atoms in total. The quantitative estimate of drug-likeness (QED) is 0.767. The Kier molecular flexibility index (Phi) is 3.58. The molecular formula is C12H16N2O3. The van der Waals surface area contributed by atoms with Crippen LogP contribution in [0.5, 0.6) is 5.88 Å². The van der Waals surface area contributed by atoms with Gasteiger partial charge in [-0.05, 0) is 13.0 Å². The standard InChI is InChI=1S/C12H16N2O3/c1-9-8-14(5-6-17-9)12(15)10-3-4-11(16-2)13-7-10/h3-4,7,9H,5-6,8H2,1-2H3. The first-order valence-corrected chi connectivity index (χ1v) is 5.61. The molecule has 1 fully saturated rings. The number of carbonyl (C=O) groups excluding carboxylic acids is 1. The fourth-order valence-electron chi connectivity index (χ4n) is 1.81. The van der Waals surface area contributed by atoms with Gasteiger partial charge >= 0.3 is 0 Å². The third kappa shape index (κ3) is 2.74. The van der Waals surface area contributed by atoms with Gasteiger partial charge < -0.3 is 14.4 Å². The average molecular weight is 236 g/mol. The Hall–Kier alpha value is -1.62. The highest BCUT2D eigenvalue weighted by molar-refractivity contribution is 5.94. The van der Waals surface area contributed by atoms with Crippen LogP contribution in [0.1, 0.15) is 17.3 Å². The molecule has 1 saturated heterocycles. The first-order chi connectivity index (χ1) is 8.20. The van der Waals surface area contributed by atoms with Crippen molar-refractivity contribution in [2.75, 3.05) is 26.8 Å². The first-order valence-electron chi connectivity index (χ1n) is 5.61. The number of hydrogen-bond donors (Lipinski definition) is 0. The van der Waals surface area contributed by atoms with Gasteiger partial charge in [-0.15, -0.1) is 0 Å². The van der Waals surface area contributed by atoms with Gasteiger partial charge in [-0.2, -0.15) is 0 Å². The van der Waals surface area contributed by atoms with E-state index in [9.17, 15) is 4.79 Å². The zero-order valence-electron chi connectivity index (χ0n) is 10.0. The zero-order chi connectivity index (χ0) is 12.3. The van der Waals surface area contributed by atoms with Crippen molar-refractivity contribution >= 4 is 5.91 Å². The minimum absolute atomic E-state index is 0.00435. The maximum atomic E-state index is 12.1. The molecule has 0 bridgehead atoms. The molecule has 2 rings (SSSR count). The second-order valence-electron chi connectivity index (χ2n) is 4.02. The summed E-state index contributed by atoms with van der Waals surface area (Å²) in [7, 11) is 1.55.